The molecule has 0 spiro atoms. The van der Waals surface area contributed by atoms with Crippen LogP contribution in [0.4, 0.5) is 10.1 Å². The van der Waals surface area contributed by atoms with Gasteiger partial charge >= 0.3 is 0 Å². The quantitative estimate of drug-likeness (QED) is 0.503. The van der Waals surface area contributed by atoms with Crippen LogP contribution in [0.25, 0.3) is 0 Å². The molecule has 0 aliphatic heterocycles. The van der Waals surface area contributed by atoms with Crippen molar-refractivity contribution < 1.29 is 9.31 Å². The highest BCUT2D eigenvalue weighted by atomic mass is 35.5. The lowest BCUT2D eigenvalue weighted by Crippen LogP contribution is -2.17. The van der Waals surface area contributed by atoms with Crippen molar-refractivity contribution in [3.05, 3.63) is 74.5 Å². The fourth-order valence-corrected chi connectivity index (χ4v) is 2.21. The molecular weight excluding hydrogens is 295 g/mol. The average molecular weight is 309 g/mol. The summed E-state index contributed by atoms with van der Waals surface area (Å²) in [7, 11) is 0. The van der Waals surface area contributed by atoms with Crippen LogP contribution in [0.2, 0.25) is 5.02 Å². The topological polar surface area (TPSA) is 55.2 Å². The van der Waals surface area contributed by atoms with Crippen molar-refractivity contribution in [3.63, 3.8) is 0 Å². The zero-order valence-corrected chi connectivity index (χ0v) is 11.9. The predicted octanol–water partition coefficient (Wildman–Crippen LogP) is 3.72. The maximum absolute atomic E-state index is 13.0. The number of nitro groups is 1. The second kappa shape index (κ2) is 7.15. The van der Waals surface area contributed by atoms with Crippen LogP contribution in [-0.4, -0.2) is 11.5 Å². The van der Waals surface area contributed by atoms with Gasteiger partial charge in [0.15, 0.2) is 0 Å². The molecule has 110 valence electrons. The molecule has 0 aliphatic carbocycles. The molecule has 0 radical (unpaired) electrons. The van der Waals surface area contributed by atoms with Gasteiger partial charge in [-0.25, -0.2) is 4.39 Å². The van der Waals surface area contributed by atoms with E-state index in [2.05, 4.69) is 5.32 Å². The molecular formula is C15H14ClFN2O2. The van der Waals surface area contributed by atoms with Gasteiger partial charge in [-0.3, -0.25) is 10.1 Å². The Bertz CT molecular complexity index is 649. The monoisotopic (exact) mass is 308 g/mol. The number of hydrogen-bond donors (Lipinski definition) is 1. The average Bonchev–Trinajstić information content (AvgIpc) is 2.47. The molecule has 2 aromatic carbocycles. The Balaban J connectivity index is 1.87. The lowest BCUT2D eigenvalue weighted by atomic mass is 10.1. The Hall–Kier alpha value is -1.98. The maximum Gasteiger partial charge on any atom is 0.272 e. The number of para-hydroxylation sites is 1. The first-order valence-electron chi connectivity index (χ1n) is 6.45. The molecule has 0 unspecified atom stereocenters. The summed E-state index contributed by atoms with van der Waals surface area (Å²) >= 11 is 5.70. The van der Waals surface area contributed by atoms with Crippen molar-refractivity contribution in [1.29, 1.82) is 0 Å². The standard InChI is InChI=1S/C15H14ClFN2O2/c16-13-9-11(5-6-14(13)17)10-18-8-7-12-3-1-2-4-15(12)19(20)21/h1-6,9,18H,7-8,10H2. The molecule has 0 heterocycles. The molecule has 0 fully saturated rings. The van der Waals surface area contributed by atoms with E-state index in [-0.39, 0.29) is 15.6 Å². The van der Waals surface area contributed by atoms with Gasteiger partial charge in [-0.2, -0.15) is 0 Å². The Morgan fingerprint density at radius 1 is 1.24 bits per heavy atom. The van der Waals surface area contributed by atoms with Gasteiger partial charge in [-0.15, -0.1) is 0 Å². The van der Waals surface area contributed by atoms with Gasteiger partial charge in [0, 0.05) is 18.2 Å². The molecule has 0 amide bonds. The molecule has 0 saturated heterocycles. The SMILES string of the molecule is O=[N+]([O-])c1ccccc1CCNCc1ccc(F)c(Cl)c1. The summed E-state index contributed by atoms with van der Waals surface area (Å²) in [5.41, 5.74) is 1.68. The summed E-state index contributed by atoms with van der Waals surface area (Å²) in [6.45, 7) is 1.11. The number of rotatable bonds is 6. The molecule has 0 aliphatic rings. The molecule has 6 heteroatoms. The molecule has 0 bridgehead atoms. The van der Waals surface area contributed by atoms with E-state index in [9.17, 15) is 14.5 Å². The molecule has 0 atom stereocenters. The van der Waals surface area contributed by atoms with Gasteiger partial charge in [0.05, 0.1) is 9.95 Å². The van der Waals surface area contributed by atoms with E-state index in [1.54, 1.807) is 30.3 Å². The van der Waals surface area contributed by atoms with Gasteiger partial charge in [0.2, 0.25) is 0 Å². The first-order chi connectivity index (χ1) is 10.1. The molecule has 2 rings (SSSR count). The summed E-state index contributed by atoms with van der Waals surface area (Å²) in [5.74, 6) is -0.444. The van der Waals surface area contributed by atoms with Crippen LogP contribution in [0, 0.1) is 15.9 Å². The minimum Gasteiger partial charge on any atom is -0.312 e. The highest BCUT2D eigenvalue weighted by molar-refractivity contribution is 6.30. The number of hydrogen-bond acceptors (Lipinski definition) is 3. The van der Waals surface area contributed by atoms with Crippen LogP contribution in [0.15, 0.2) is 42.5 Å². The Morgan fingerprint density at radius 2 is 2.00 bits per heavy atom. The minimum atomic E-state index is -0.444. The number of halogens is 2. The van der Waals surface area contributed by atoms with E-state index in [0.717, 1.165) is 5.56 Å². The highest BCUT2D eigenvalue weighted by Crippen LogP contribution is 2.18. The second-order valence-electron chi connectivity index (χ2n) is 4.56. The highest BCUT2D eigenvalue weighted by Gasteiger charge is 2.11. The summed E-state index contributed by atoms with van der Waals surface area (Å²) < 4.78 is 13.0. The summed E-state index contributed by atoms with van der Waals surface area (Å²) in [6.07, 6.45) is 0.548. The van der Waals surface area contributed by atoms with Gasteiger partial charge < -0.3 is 5.32 Å². The zero-order valence-electron chi connectivity index (χ0n) is 11.2. The molecule has 21 heavy (non-hydrogen) atoms. The lowest BCUT2D eigenvalue weighted by molar-refractivity contribution is -0.385. The van der Waals surface area contributed by atoms with E-state index in [1.165, 1.54) is 12.1 Å². The summed E-state index contributed by atoms with van der Waals surface area (Å²) in [6, 6.07) is 11.2. The maximum atomic E-state index is 13.0. The number of nitrogens with one attached hydrogen (secondary N) is 1. The lowest BCUT2D eigenvalue weighted by Gasteiger charge is -2.06. The first kappa shape index (κ1) is 15.4. The van der Waals surface area contributed by atoms with Crippen molar-refractivity contribution in [2.24, 2.45) is 0 Å². The van der Waals surface area contributed by atoms with Crippen LogP contribution < -0.4 is 5.32 Å². The van der Waals surface area contributed by atoms with Crippen LogP contribution in [0.1, 0.15) is 11.1 Å². The van der Waals surface area contributed by atoms with Crippen molar-refractivity contribution in [1.82, 2.24) is 5.32 Å². The van der Waals surface area contributed by atoms with Gasteiger partial charge in [0.1, 0.15) is 5.82 Å². The Kier molecular flexibility index (Phi) is 5.25. The summed E-state index contributed by atoms with van der Waals surface area (Å²) in [5, 5.41) is 14.1. The fraction of sp³-hybridized carbons (Fsp3) is 0.200. The zero-order chi connectivity index (χ0) is 15.2. The largest absolute Gasteiger partial charge is 0.312 e. The third-order valence-corrected chi connectivity index (χ3v) is 3.36. The molecule has 0 saturated carbocycles. The van der Waals surface area contributed by atoms with Gasteiger partial charge in [-0.05, 0) is 30.7 Å². The molecule has 0 aromatic heterocycles. The van der Waals surface area contributed by atoms with E-state index in [4.69, 9.17) is 11.6 Å². The Morgan fingerprint density at radius 3 is 2.71 bits per heavy atom. The third-order valence-electron chi connectivity index (χ3n) is 3.07. The number of nitrogens with zero attached hydrogens (tertiary/aromatic N) is 1. The van der Waals surface area contributed by atoms with Gasteiger partial charge in [0.25, 0.3) is 5.69 Å². The van der Waals surface area contributed by atoms with Gasteiger partial charge in [-0.1, -0.05) is 35.9 Å². The van der Waals surface area contributed by atoms with Crippen molar-refractivity contribution >= 4 is 17.3 Å². The molecule has 2 aromatic rings. The van der Waals surface area contributed by atoms with E-state index >= 15 is 0 Å². The van der Waals surface area contributed by atoms with Crippen LogP contribution in [0.5, 0.6) is 0 Å². The van der Waals surface area contributed by atoms with Crippen LogP contribution in [-0.2, 0) is 13.0 Å². The van der Waals surface area contributed by atoms with Crippen molar-refractivity contribution in [2.45, 2.75) is 13.0 Å². The van der Waals surface area contributed by atoms with Crippen molar-refractivity contribution in [3.8, 4) is 0 Å². The van der Waals surface area contributed by atoms with E-state index in [1.807, 2.05) is 0 Å². The van der Waals surface area contributed by atoms with E-state index < -0.39 is 5.82 Å². The van der Waals surface area contributed by atoms with Crippen LogP contribution >= 0.6 is 11.6 Å². The second-order valence-corrected chi connectivity index (χ2v) is 4.97. The number of nitro benzene ring substituents is 1. The van der Waals surface area contributed by atoms with Crippen LogP contribution in [0.3, 0.4) is 0 Å². The van der Waals surface area contributed by atoms with E-state index in [0.29, 0.717) is 25.1 Å². The number of benzene rings is 2. The predicted molar refractivity (Wildman–Crippen MR) is 79.9 cm³/mol. The smallest absolute Gasteiger partial charge is 0.272 e. The summed E-state index contributed by atoms with van der Waals surface area (Å²) in [4.78, 5) is 10.5. The fourth-order valence-electron chi connectivity index (χ4n) is 2.01. The third kappa shape index (κ3) is 4.24. The first-order valence-corrected chi connectivity index (χ1v) is 6.82. The minimum absolute atomic E-state index is 0.0907. The van der Waals surface area contributed by atoms with Crippen molar-refractivity contribution in [2.75, 3.05) is 6.54 Å². The normalized spacial score (nSPS) is 10.6. The molecule has 1 N–H and O–H groups in total. The Labute approximate surface area is 126 Å². The molecule has 4 nitrogen and oxygen atoms in total.